The van der Waals surface area contributed by atoms with Gasteiger partial charge in [-0.3, -0.25) is 0 Å². The maximum absolute atomic E-state index is 12.8. The molecule has 98 valence electrons. The van der Waals surface area contributed by atoms with Gasteiger partial charge in [-0.1, -0.05) is 11.6 Å². The van der Waals surface area contributed by atoms with Crippen molar-refractivity contribution in [3.63, 3.8) is 0 Å². The van der Waals surface area contributed by atoms with Gasteiger partial charge in [-0.05, 0) is 29.8 Å². The van der Waals surface area contributed by atoms with Crippen molar-refractivity contribution >= 4 is 35.0 Å². The van der Waals surface area contributed by atoms with Crippen molar-refractivity contribution in [3.05, 3.63) is 23.2 Å². The molecule has 0 amide bonds. The number of aliphatic imine (C=N–C) groups is 1. The molecular formula is C9H3Cl2F4NO2. The number of rotatable bonds is 4. The van der Waals surface area contributed by atoms with Gasteiger partial charge in [0.25, 0.3) is 0 Å². The molecule has 9 heteroatoms. The molecule has 0 radical (unpaired) electrons. The summed E-state index contributed by atoms with van der Waals surface area (Å²) >= 11 is 9.67. The van der Waals surface area contributed by atoms with Crippen LogP contribution in [0.25, 0.3) is 0 Å². The highest BCUT2D eigenvalue weighted by Gasteiger charge is 2.58. The molecule has 0 aliphatic rings. The zero-order chi connectivity index (χ0) is 14.0. The first kappa shape index (κ1) is 14.8. The molecule has 0 aliphatic heterocycles. The van der Waals surface area contributed by atoms with E-state index in [1.807, 2.05) is 0 Å². The molecule has 1 aromatic carbocycles. The summed E-state index contributed by atoms with van der Waals surface area (Å²) in [6.07, 6.45) is -3.75. The lowest BCUT2D eigenvalue weighted by molar-refractivity contribution is -0.273. The van der Waals surface area contributed by atoms with Gasteiger partial charge in [0.05, 0.1) is 10.7 Å². The van der Waals surface area contributed by atoms with Gasteiger partial charge in [-0.25, -0.2) is 4.79 Å². The Morgan fingerprint density at radius 1 is 1.28 bits per heavy atom. The second kappa shape index (κ2) is 5.14. The Morgan fingerprint density at radius 3 is 2.33 bits per heavy atom. The summed E-state index contributed by atoms with van der Waals surface area (Å²) in [5, 5.41) is -5.33. The molecule has 0 fully saturated rings. The van der Waals surface area contributed by atoms with Crippen LogP contribution in [0.15, 0.2) is 23.2 Å². The summed E-state index contributed by atoms with van der Waals surface area (Å²) in [6.45, 7) is 0. The Labute approximate surface area is 108 Å². The SMILES string of the molecule is O=C=Nc1ccc(OC(F)(F)C(F)(F)Cl)c(Cl)c1. The normalized spacial score (nSPS) is 11.9. The zero-order valence-electron chi connectivity index (χ0n) is 8.26. The molecule has 3 nitrogen and oxygen atoms in total. The van der Waals surface area contributed by atoms with Gasteiger partial charge in [0.1, 0.15) is 5.75 Å². The third-order valence-electron chi connectivity index (χ3n) is 1.66. The van der Waals surface area contributed by atoms with Crippen LogP contribution in [0, 0.1) is 0 Å². The molecule has 18 heavy (non-hydrogen) atoms. The van der Waals surface area contributed by atoms with Crippen LogP contribution < -0.4 is 4.74 Å². The highest BCUT2D eigenvalue weighted by Crippen LogP contribution is 2.41. The van der Waals surface area contributed by atoms with Crippen LogP contribution in [0.1, 0.15) is 0 Å². The smallest absolute Gasteiger partial charge is 0.425 e. The Kier molecular flexibility index (Phi) is 4.21. The zero-order valence-corrected chi connectivity index (χ0v) is 9.78. The Morgan fingerprint density at radius 2 is 1.89 bits per heavy atom. The van der Waals surface area contributed by atoms with Crippen molar-refractivity contribution < 1.29 is 27.1 Å². The predicted octanol–water partition coefficient (Wildman–Crippen LogP) is 4.11. The van der Waals surface area contributed by atoms with E-state index in [2.05, 4.69) is 21.3 Å². The quantitative estimate of drug-likeness (QED) is 0.363. The minimum absolute atomic E-state index is 0.00306. The van der Waals surface area contributed by atoms with Crippen LogP contribution in [0.2, 0.25) is 5.02 Å². The highest BCUT2D eigenvalue weighted by molar-refractivity contribution is 6.32. The highest BCUT2D eigenvalue weighted by atomic mass is 35.5. The number of hydrogen-bond acceptors (Lipinski definition) is 3. The lowest BCUT2D eigenvalue weighted by atomic mass is 10.3. The van der Waals surface area contributed by atoms with Gasteiger partial charge in [-0.2, -0.15) is 22.6 Å². The third-order valence-corrected chi connectivity index (χ3v) is 2.17. The largest absolute Gasteiger partial charge is 0.480 e. The van der Waals surface area contributed by atoms with E-state index in [9.17, 15) is 22.4 Å². The maximum atomic E-state index is 12.8. The van der Waals surface area contributed by atoms with Gasteiger partial charge in [0.2, 0.25) is 6.08 Å². The number of isocyanates is 1. The van der Waals surface area contributed by atoms with Gasteiger partial charge in [0.15, 0.2) is 0 Å². The number of halogens is 6. The molecule has 1 rings (SSSR count). The van der Waals surface area contributed by atoms with Crippen molar-refractivity contribution in [2.45, 2.75) is 11.5 Å². The van der Waals surface area contributed by atoms with Crippen molar-refractivity contribution in [1.82, 2.24) is 0 Å². The average Bonchev–Trinajstić information content (AvgIpc) is 2.21. The number of nitrogens with zero attached hydrogens (tertiary/aromatic N) is 1. The first-order valence-corrected chi connectivity index (χ1v) is 4.94. The van der Waals surface area contributed by atoms with Crippen molar-refractivity contribution in [1.29, 1.82) is 0 Å². The molecule has 1 aromatic rings. The number of carbonyl (C=O) groups excluding carboxylic acids is 1. The number of hydrogen-bond donors (Lipinski definition) is 0. The maximum Gasteiger partial charge on any atom is 0.480 e. The van der Waals surface area contributed by atoms with Crippen LogP contribution in [0.5, 0.6) is 5.75 Å². The summed E-state index contributed by atoms with van der Waals surface area (Å²) in [5.74, 6) is -0.730. The van der Waals surface area contributed by atoms with Gasteiger partial charge >= 0.3 is 11.5 Å². The molecule has 0 heterocycles. The molecular weight excluding hydrogens is 301 g/mol. The van der Waals surface area contributed by atoms with Crippen LogP contribution in [-0.2, 0) is 4.79 Å². The van der Waals surface area contributed by atoms with Gasteiger partial charge in [0, 0.05) is 0 Å². The number of alkyl halides is 5. The van der Waals surface area contributed by atoms with Gasteiger partial charge < -0.3 is 4.74 Å². The second-order valence-corrected chi connectivity index (χ2v) is 3.82. The van der Waals surface area contributed by atoms with E-state index in [0.29, 0.717) is 0 Å². The molecule has 0 aliphatic carbocycles. The fourth-order valence-electron chi connectivity index (χ4n) is 0.891. The van der Waals surface area contributed by atoms with Crippen molar-refractivity contribution in [2.24, 2.45) is 4.99 Å². The lowest BCUT2D eigenvalue weighted by Crippen LogP contribution is -2.41. The first-order valence-electron chi connectivity index (χ1n) is 4.18. The third kappa shape index (κ3) is 3.35. The monoisotopic (exact) mass is 303 g/mol. The number of benzene rings is 1. The fraction of sp³-hybridized carbons (Fsp3) is 0.222. The minimum atomic E-state index is -4.94. The average molecular weight is 304 g/mol. The summed E-state index contributed by atoms with van der Waals surface area (Å²) in [5.41, 5.74) is 0.00306. The number of ether oxygens (including phenoxy) is 1. The van der Waals surface area contributed by atoms with Crippen LogP contribution in [0.4, 0.5) is 23.2 Å². The van der Waals surface area contributed by atoms with E-state index in [0.717, 1.165) is 18.2 Å². The van der Waals surface area contributed by atoms with Crippen molar-refractivity contribution in [3.8, 4) is 5.75 Å². The first-order chi connectivity index (χ1) is 8.17. The summed E-state index contributed by atoms with van der Waals surface area (Å²) in [4.78, 5) is 13.1. The van der Waals surface area contributed by atoms with Crippen LogP contribution in [-0.4, -0.2) is 17.6 Å². The van der Waals surface area contributed by atoms with E-state index >= 15 is 0 Å². The molecule has 0 N–H and O–H groups in total. The Balaban J connectivity index is 3.03. The summed E-state index contributed by atoms with van der Waals surface area (Å²) < 4.78 is 53.9. The van der Waals surface area contributed by atoms with Crippen LogP contribution >= 0.6 is 23.2 Å². The second-order valence-electron chi connectivity index (χ2n) is 2.93. The molecule has 0 atom stereocenters. The van der Waals surface area contributed by atoms with E-state index in [4.69, 9.17) is 11.6 Å². The van der Waals surface area contributed by atoms with Crippen LogP contribution in [0.3, 0.4) is 0 Å². The fourth-order valence-corrected chi connectivity index (χ4v) is 1.14. The van der Waals surface area contributed by atoms with E-state index in [1.165, 1.54) is 6.08 Å². The molecule has 0 aromatic heterocycles. The topological polar surface area (TPSA) is 38.7 Å². The summed E-state index contributed by atoms with van der Waals surface area (Å²) in [7, 11) is 0. The molecule has 0 spiro atoms. The van der Waals surface area contributed by atoms with Gasteiger partial charge in [-0.15, -0.1) is 0 Å². The molecule has 0 saturated heterocycles. The lowest BCUT2D eigenvalue weighted by Gasteiger charge is -2.22. The van der Waals surface area contributed by atoms with E-state index in [1.54, 1.807) is 0 Å². The summed E-state index contributed by atoms with van der Waals surface area (Å²) in [6, 6.07) is 2.86. The molecule has 0 unspecified atom stereocenters. The Hall–Kier alpha value is -1.30. The standard InChI is InChI=1S/C9H3Cl2F4NO2/c10-6-3-5(16-4-17)1-2-7(6)18-9(14,15)8(11,12)13/h1-3H. The minimum Gasteiger partial charge on any atom is -0.425 e. The predicted molar refractivity (Wildman–Crippen MR) is 55.6 cm³/mol. The Bertz CT molecular complexity index is 498. The van der Waals surface area contributed by atoms with E-state index < -0.39 is 22.3 Å². The van der Waals surface area contributed by atoms with Crippen molar-refractivity contribution in [2.75, 3.05) is 0 Å². The molecule has 0 bridgehead atoms. The van der Waals surface area contributed by atoms with E-state index in [-0.39, 0.29) is 5.69 Å². The molecule has 0 saturated carbocycles.